The summed E-state index contributed by atoms with van der Waals surface area (Å²) >= 11 is 4.92. The van der Waals surface area contributed by atoms with E-state index in [2.05, 4.69) is 5.32 Å². The van der Waals surface area contributed by atoms with Gasteiger partial charge in [-0.1, -0.05) is 0 Å². The average Bonchev–Trinajstić information content (AvgIpc) is 2.04. The van der Waals surface area contributed by atoms with E-state index in [0.29, 0.717) is 11.7 Å². The van der Waals surface area contributed by atoms with Crippen molar-refractivity contribution in [1.82, 2.24) is 10.2 Å². The van der Waals surface area contributed by atoms with E-state index >= 15 is 0 Å². The van der Waals surface area contributed by atoms with Gasteiger partial charge in [-0.05, 0) is 19.1 Å². The van der Waals surface area contributed by atoms with Crippen LogP contribution in [0.4, 0.5) is 0 Å². The molecule has 0 aromatic rings. The van der Waals surface area contributed by atoms with E-state index in [1.54, 1.807) is 0 Å². The van der Waals surface area contributed by atoms with Gasteiger partial charge in [-0.2, -0.15) is 10.5 Å². The van der Waals surface area contributed by atoms with Gasteiger partial charge in [-0.3, -0.25) is 0 Å². The first-order chi connectivity index (χ1) is 5.76. The molecule has 12 heavy (non-hydrogen) atoms. The van der Waals surface area contributed by atoms with Gasteiger partial charge >= 0.3 is 0 Å². The molecule has 0 saturated carbocycles. The molecular weight excluding hydrogens is 172 g/mol. The van der Waals surface area contributed by atoms with Crippen molar-refractivity contribution in [3.8, 4) is 12.1 Å². The molecule has 0 aliphatic heterocycles. The molecule has 0 aliphatic rings. The van der Waals surface area contributed by atoms with E-state index in [4.69, 9.17) is 22.7 Å². The zero-order valence-electron chi connectivity index (χ0n) is 6.87. The summed E-state index contributed by atoms with van der Waals surface area (Å²) in [6, 6.07) is 3.88. The Morgan fingerprint density at radius 2 is 1.92 bits per heavy atom. The summed E-state index contributed by atoms with van der Waals surface area (Å²) in [5.74, 6) is 0. The van der Waals surface area contributed by atoms with E-state index < -0.39 is 0 Å². The van der Waals surface area contributed by atoms with Crippen LogP contribution in [-0.2, 0) is 0 Å². The van der Waals surface area contributed by atoms with E-state index in [9.17, 15) is 0 Å². The predicted molar refractivity (Wildman–Crippen MR) is 49.1 cm³/mol. The maximum Gasteiger partial charge on any atom is 0.170 e. The van der Waals surface area contributed by atoms with Crippen molar-refractivity contribution < 1.29 is 0 Å². The summed E-state index contributed by atoms with van der Waals surface area (Å²) in [6.07, 6.45) is 0. The van der Waals surface area contributed by atoms with E-state index in [1.165, 1.54) is 4.90 Å². The van der Waals surface area contributed by atoms with Gasteiger partial charge in [0.2, 0.25) is 0 Å². The van der Waals surface area contributed by atoms with Gasteiger partial charge in [0.05, 0.1) is 12.1 Å². The van der Waals surface area contributed by atoms with Gasteiger partial charge in [-0.25, -0.2) is 0 Å². The van der Waals surface area contributed by atoms with Crippen LogP contribution in [0.5, 0.6) is 0 Å². The number of hydrogen-bond acceptors (Lipinski definition) is 3. The first-order valence-electron chi connectivity index (χ1n) is 3.53. The molecule has 1 N–H and O–H groups in total. The lowest BCUT2D eigenvalue weighted by atomic mass is 10.5. The van der Waals surface area contributed by atoms with E-state index in [0.717, 1.165) is 0 Å². The second-order valence-corrected chi connectivity index (χ2v) is 2.39. The minimum absolute atomic E-state index is 0.152. The van der Waals surface area contributed by atoms with Crippen LogP contribution in [0.3, 0.4) is 0 Å². The number of nitriles is 2. The van der Waals surface area contributed by atoms with Crippen molar-refractivity contribution in [2.75, 3.05) is 19.6 Å². The average molecular weight is 182 g/mol. The zero-order chi connectivity index (χ0) is 9.40. The molecule has 0 rings (SSSR count). The highest BCUT2D eigenvalue weighted by Crippen LogP contribution is 1.87. The van der Waals surface area contributed by atoms with Crippen LogP contribution in [0.1, 0.15) is 6.92 Å². The Kier molecular flexibility index (Phi) is 5.68. The Balaban J connectivity index is 4.03. The molecule has 0 bridgehead atoms. The monoisotopic (exact) mass is 182 g/mol. The van der Waals surface area contributed by atoms with Crippen LogP contribution in [0, 0.1) is 22.7 Å². The Morgan fingerprint density at radius 1 is 1.42 bits per heavy atom. The smallest absolute Gasteiger partial charge is 0.170 e. The molecule has 4 nitrogen and oxygen atoms in total. The van der Waals surface area contributed by atoms with Gasteiger partial charge in [0, 0.05) is 6.54 Å². The molecule has 0 unspecified atom stereocenters. The Morgan fingerprint density at radius 3 is 2.25 bits per heavy atom. The largest absolute Gasteiger partial charge is 0.363 e. The molecule has 0 aromatic heterocycles. The summed E-state index contributed by atoms with van der Waals surface area (Å²) in [7, 11) is 0. The van der Waals surface area contributed by atoms with E-state index in [1.807, 2.05) is 19.1 Å². The summed E-state index contributed by atoms with van der Waals surface area (Å²) in [4.78, 5) is 1.51. The third kappa shape index (κ3) is 3.75. The number of nitrogens with zero attached hydrogens (tertiary/aromatic N) is 3. The topological polar surface area (TPSA) is 62.9 Å². The zero-order valence-corrected chi connectivity index (χ0v) is 7.69. The molecule has 5 heteroatoms. The Hall–Kier alpha value is -1.33. The van der Waals surface area contributed by atoms with Gasteiger partial charge in [-0.15, -0.1) is 0 Å². The molecule has 0 fully saturated rings. The SMILES string of the molecule is CCNC(=S)N(CC#N)CC#N. The molecule has 0 spiro atoms. The number of rotatable bonds is 3. The molecule has 0 radical (unpaired) electrons. The van der Waals surface area contributed by atoms with Crippen molar-refractivity contribution in [3.05, 3.63) is 0 Å². The third-order valence-corrected chi connectivity index (χ3v) is 1.54. The Labute approximate surface area is 77.4 Å². The van der Waals surface area contributed by atoms with Crippen LogP contribution in [0.2, 0.25) is 0 Å². The summed E-state index contributed by atoms with van der Waals surface area (Å²) in [5, 5.41) is 20.1. The van der Waals surface area contributed by atoms with Crippen molar-refractivity contribution in [1.29, 1.82) is 10.5 Å². The summed E-state index contributed by atoms with van der Waals surface area (Å²) < 4.78 is 0. The number of nitrogens with one attached hydrogen (secondary N) is 1. The Bertz CT molecular complexity index is 209. The van der Waals surface area contributed by atoms with Gasteiger partial charge in [0.1, 0.15) is 13.1 Å². The lowest BCUT2D eigenvalue weighted by molar-refractivity contribution is 0.512. The van der Waals surface area contributed by atoms with E-state index in [-0.39, 0.29) is 13.1 Å². The minimum Gasteiger partial charge on any atom is -0.363 e. The van der Waals surface area contributed by atoms with Crippen LogP contribution >= 0.6 is 12.2 Å². The standard InChI is InChI=1S/C7H10N4S/c1-2-10-7(12)11(5-3-8)6-4-9/h2,5-6H2,1H3,(H,10,12). The lowest BCUT2D eigenvalue weighted by Crippen LogP contribution is -2.40. The van der Waals surface area contributed by atoms with Crippen LogP contribution in [0.15, 0.2) is 0 Å². The maximum absolute atomic E-state index is 8.39. The van der Waals surface area contributed by atoms with Crippen molar-refractivity contribution in [3.63, 3.8) is 0 Å². The molecule has 0 aromatic carbocycles. The fraction of sp³-hybridized carbons (Fsp3) is 0.571. The van der Waals surface area contributed by atoms with Crippen molar-refractivity contribution in [2.24, 2.45) is 0 Å². The quantitative estimate of drug-likeness (QED) is 0.500. The number of thiocarbonyl (C=S) groups is 1. The molecular formula is C7H10N4S. The van der Waals surface area contributed by atoms with Crippen molar-refractivity contribution in [2.45, 2.75) is 6.92 Å². The molecule has 0 atom stereocenters. The fourth-order valence-electron chi connectivity index (χ4n) is 0.633. The molecule has 0 aliphatic carbocycles. The summed E-state index contributed by atoms with van der Waals surface area (Å²) in [5.41, 5.74) is 0. The second-order valence-electron chi connectivity index (χ2n) is 2.01. The maximum atomic E-state index is 8.39. The second kappa shape index (κ2) is 6.38. The first kappa shape index (κ1) is 10.7. The van der Waals surface area contributed by atoms with Gasteiger partial charge in [0.25, 0.3) is 0 Å². The molecule has 0 saturated heterocycles. The molecule has 0 amide bonds. The highest BCUT2D eigenvalue weighted by molar-refractivity contribution is 7.80. The third-order valence-electron chi connectivity index (χ3n) is 1.14. The van der Waals surface area contributed by atoms with Gasteiger partial charge in [0.15, 0.2) is 5.11 Å². The highest BCUT2D eigenvalue weighted by atomic mass is 32.1. The normalized spacial score (nSPS) is 7.92. The lowest BCUT2D eigenvalue weighted by Gasteiger charge is -2.18. The molecule has 0 heterocycles. The fourth-order valence-corrected chi connectivity index (χ4v) is 0.907. The number of hydrogen-bond donors (Lipinski definition) is 1. The van der Waals surface area contributed by atoms with Crippen LogP contribution in [-0.4, -0.2) is 29.6 Å². The van der Waals surface area contributed by atoms with Gasteiger partial charge < -0.3 is 10.2 Å². The van der Waals surface area contributed by atoms with Crippen molar-refractivity contribution >= 4 is 17.3 Å². The van der Waals surface area contributed by atoms with Crippen LogP contribution < -0.4 is 5.32 Å². The molecule has 64 valence electrons. The predicted octanol–water partition coefficient (Wildman–Crippen LogP) is 0.230. The first-order valence-corrected chi connectivity index (χ1v) is 3.93. The highest BCUT2D eigenvalue weighted by Gasteiger charge is 2.05. The summed E-state index contributed by atoms with van der Waals surface area (Å²) in [6.45, 7) is 2.91. The minimum atomic E-state index is 0.152. The van der Waals surface area contributed by atoms with Crippen LogP contribution in [0.25, 0.3) is 0 Å².